The van der Waals surface area contributed by atoms with Gasteiger partial charge in [0.25, 0.3) is 0 Å². The number of carbonyl (C=O) groups excluding carboxylic acids is 1. The Morgan fingerprint density at radius 3 is 2.72 bits per heavy atom. The number of benzene rings is 2. The summed E-state index contributed by atoms with van der Waals surface area (Å²) < 4.78 is 1.96. The van der Waals surface area contributed by atoms with Gasteiger partial charge in [-0.25, -0.2) is 10.1 Å². The van der Waals surface area contributed by atoms with Crippen LogP contribution in [-0.4, -0.2) is 30.6 Å². The lowest BCUT2D eigenvalue weighted by Gasteiger charge is -2.09. The fraction of sp³-hybridized carbons (Fsp3) is 0.211. The van der Waals surface area contributed by atoms with Crippen LogP contribution in [0.3, 0.4) is 0 Å². The number of para-hydroxylation sites is 2. The lowest BCUT2D eigenvalue weighted by molar-refractivity contribution is 0.0994. The van der Waals surface area contributed by atoms with Crippen molar-refractivity contribution in [3.63, 3.8) is 0 Å². The summed E-state index contributed by atoms with van der Waals surface area (Å²) in [6.45, 7) is 4.02. The van der Waals surface area contributed by atoms with Gasteiger partial charge >= 0.3 is 0 Å². The van der Waals surface area contributed by atoms with Gasteiger partial charge in [-0.2, -0.15) is 0 Å². The molecule has 4 rings (SSSR count). The summed E-state index contributed by atoms with van der Waals surface area (Å²) in [5.74, 6) is 0.795. The minimum absolute atomic E-state index is 0.105. The molecule has 0 aliphatic carbocycles. The summed E-state index contributed by atoms with van der Waals surface area (Å²) in [6.07, 6.45) is 0.970. The normalized spacial score (nSPS) is 12.7. The van der Waals surface area contributed by atoms with Gasteiger partial charge in [0.15, 0.2) is 10.9 Å². The maximum Gasteiger partial charge on any atom is 0.231 e. The van der Waals surface area contributed by atoms with Crippen molar-refractivity contribution in [2.75, 3.05) is 0 Å². The standard InChI is InChI=1S/C19H18N4OS/c1-3-13-8-10-14(11-9-13)17(24)12(2)25-19-22-21-18-20-15-6-4-5-7-16(15)23(18)19/h4-12H,3H2,1-2H3,(H,20,21). The van der Waals surface area contributed by atoms with Crippen LogP contribution in [0.4, 0.5) is 0 Å². The molecule has 6 heteroatoms. The lowest BCUT2D eigenvalue weighted by atomic mass is 10.1. The minimum atomic E-state index is -0.236. The van der Waals surface area contributed by atoms with Gasteiger partial charge in [0.2, 0.25) is 5.78 Å². The van der Waals surface area contributed by atoms with Crippen LogP contribution in [0.2, 0.25) is 0 Å². The molecule has 0 radical (unpaired) electrons. The molecule has 0 saturated heterocycles. The number of Topliss-reactive ketones (excluding diaryl/α,β-unsaturated/α-hetero) is 1. The molecule has 25 heavy (non-hydrogen) atoms. The van der Waals surface area contributed by atoms with E-state index in [1.54, 1.807) is 0 Å². The number of hydrogen-bond acceptors (Lipinski definition) is 4. The third-order valence-corrected chi connectivity index (χ3v) is 5.35. The van der Waals surface area contributed by atoms with Gasteiger partial charge in [0.1, 0.15) is 0 Å². The molecule has 1 unspecified atom stereocenters. The predicted octanol–water partition coefficient (Wildman–Crippen LogP) is 4.14. The van der Waals surface area contributed by atoms with E-state index in [9.17, 15) is 4.79 Å². The first-order valence-electron chi connectivity index (χ1n) is 8.28. The van der Waals surface area contributed by atoms with E-state index < -0.39 is 0 Å². The molecule has 0 amide bonds. The highest BCUT2D eigenvalue weighted by molar-refractivity contribution is 8.00. The van der Waals surface area contributed by atoms with Crippen molar-refractivity contribution in [3.8, 4) is 0 Å². The SMILES string of the molecule is CCc1ccc(C(=O)C(C)Sc2n[nH]c3nc4ccccc4n23)cc1. The number of thioether (sulfide) groups is 1. The number of H-pyrrole nitrogens is 1. The Hall–Kier alpha value is -2.60. The first kappa shape index (κ1) is 15.9. The molecule has 0 aliphatic rings. The molecule has 1 atom stereocenters. The number of fused-ring (bicyclic) bond motifs is 3. The van der Waals surface area contributed by atoms with E-state index in [1.165, 1.54) is 17.3 Å². The third kappa shape index (κ3) is 2.82. The van der Waals surface area contributed by atoms with E-state index >= 15 is 0 Å². The van der Waals surface area contributed by atoms with Crippen LogP contribution in [0.5, 0.6) is 0 Å². The van der Waals surface area contributed by atoms with E-state index in [1.807, 2.05) is 59.9 Å². The maximum atomic E-state index is 12.7. The predicted molar refractivity (Wildman–Crippen MR) is 100 cm³/mol. The lowest BCUT2D eigenvalue weighted by Crippen LogP contribution is -2.14. The first-order valence-corrected chi connectivity index (χ1v) is 9.16. The molecule has 0 bridgehead atoms. The van der Waals surface area contributed by atoms with Gasteiger partial charge in [0, 0.05) is 5.56 Å². The first-order chi connectivity index (χ1) is 12.2. The number of aromatic amines is 1. The Morgan fingerprint density at radius 1 is 1.20 bits per heavy atom. The molecule has 2 aromatic carbocycles. The van der Waals surface area contributed by atoms with Crippen LogP contribution < -0.4 is 0 Å². The molecule has 1 N–H and O–H groups in total. The average Bonchev–Trinajstić information content (AvgIpc) is 3.21. The molecular formula is C19H18N4OS. The second-order valence-corrected chi connectivity index (χ2v) is 7.25. The highest BCUT2D eigenvalue weighted by atomic mass is 32.2. The summed E-state index contributed by atoms with van der Waals surface area (Å²) in [5, 5.41) is 7.79. The molecule has 126 valence electrons. The molecule has 0 spiro atoms. The Balaban J connectivity index is 1.62. The number of carbonyl (C=O) groups is 1. The number of nitrogens with one attached hydrogen (secondary N) is 1. The Labute approximate surface area is 149 Å². The molecule has 2 aromatic heterocycles. The van der Waals surface area contributed by atoms with E-state index in [-0.39, 0.29) is 11.0 Å². The van der Waals surface area contributed by atoms with Crippen LogP contribution in [0.15, 0.2) is 53.7 Å². The summed E-state index contributed by atoms with van der Waals surface area (Å²) in [6, 6.07) is 15.7. The molecular weight excluding hydrogens is 332 g/mol. The third-order valence-electron chi connectivity index (χ3n) is 4.30. The van der Waals surface area contributed by atoms with Crippen LogP contribution in [0.25, 0.3) is 16.8 Å². The van der Waals surface area contributed by atoms with Gasteiger partial charge in [-0.15, -0.1) is 5.10 Å². The molecule has 0 aliphatic heterocycles. The van der Waals surface area contributed by atoms with Crippen molar-refractivity contribution >= 4 is 34.4 Å². The van der Waals surface area contributed by atoms with Gasteiger partial charge in [-0.05, 0) is 31.0 Å². The molecule has 4 aromatic rings. The van der Waals surface area contributed by atoms with Crippen molar-refractivity contribution in [2.45, 2.75) is 30.7 Å². The van der Waals surface area contributed by atoms with Crippen LogP contribution in [0, 0.1) is 0 Å². The summed E-state index contributed by atoms with van der Waals surface area (Å²) >= 11 is 1.44. The summed E-state index contributed by atoms with van der Waals surface area (Å²) in [7, 11) is 0. The zero-order chi connectivity index (χ0) is 17.4. The number of nitrogens with zero attached hydrogens (tertiary/aromatic N) is 3. The monoisotopic (exact) mass is 350 g/mol. The number of ketones is 1. The molecule has 0 fully saturated rings. The fourth-order valence-corrected chi connectivity index (χ4v) is 3.82. The van der Waals surface area contributed by atoms with E-state index in [0.29, 0.717) is 5.78 Å². The van der Waals surface area contributed by atoms with Gasteiger partial charge in [0.05, 0.1) is 16.3 Å². The van der Waals surface area contributed by atoms with Crippen LogP contribution >= 0.6 is 11.8 Å². The van der Waals surface area contributed by atoms with Crippen molar-refractivity contribution < 1.29 is 4.79 Å². The number of aromatic nitrogens is 4. The van der Waals surface area contributed by atoms with Crippen molar-refractivity contribution in [2.24, 2.45) is 0 Å². The summed E-state index contributed by atoms with van der Waals surface area (Å²) in [5.41, 5.74) is 3.86. The minimum Gasteiger partial charge on any atom is -0.293 e. The van der Waals surface area contributed by atoms with Gasteiger partial charge in [-0.3, -0.25) is 9.20 Å². The average molecular weight is 350 g/mol. The zero-order valence-electron chi connectivity index (χ0n) is 14.1. The Morgan fingerprint density at radius 2 is 1.96 bits per heavy atom. The smallest absolute Gasteiger partial charge is 0.231 e. The van der Waals surface area contributed by atoms with Gasteiger partial charge < -0.3 is 0 Å². The molecule has 2 heterocycles. The number of aryl methyl sites for hydroxylation is 1. The topological polar surface area (TPSA) is 63.0 Å². The van der Waals surface area contributed by atoms with Crippen LogP contribution in [0.1, 0.15) is 29.8 Å². The quantitative estimate of drug-likeness (QED) is 0.434. The van der Waals surface area contributed by atoms with Crippen molar-refractivity contribution in [3.05, 3.63) is 59.7 Å². The highest BCUT2D eigenvalue weighted by Gasteiger charge is 2.20. The Kier molecular flexibility index (Phi) is 4.05. The molecule has 5 nitrogen and oxygen atoms in total. The largest absolute Gasteiger partial charge is 0.293 e. The second-order valence-electron chi connectivity index (χ2n) is 5.94. The van der Waals surface area contributed by atoms with Crippen molar-refractivity contribution in [1.82, 2.24) is 19.6 Å². The Bertz CT molecular complexity index is 1050. The van der Waals surface area contributed by atoms with Crippen LogP contribution in [-0.2, 0) is 6.42 Å². The number of imidazole rings is 1. The number of hydrogen-bond donors (Lipinski definition) is 1. The second kappa shape index (κ2) is 6.37. The zero-order valence-corrected chi connectivity index (χ0v) is 14.9. The number of rotatable bonds is 5. The van der Waals surface area contributed by atoms with E-state index in [2.05, 4.69) is 22.1 Å². The molecule has 0 saturated carbocycles. The maximum absolute atomic E-state index is 12.7. The van der Waals surface area contributed by atoms with E-state index in [0.717, 1.165) is 28.2 Å². The van der Waals surface area contributed by atoms with E-state index in [4.69, 9.17) is 0 Å². The fourth-order valence-electron chi connectivity index (χ4n) is 2.87. The summed E-state index contributed by atoms with van der Waals surface area (Å²) in [4.78, 5) is 17.2. The van der Waals surface area contributed by atoms with Gasteiger partial charge in [-0.1, -0.05) is 55.1 Å². The highest BCUT2D eigenvalue weighted by Crippen LogP contribution is 2.27. The van der Waals surface area contributed by atoms with Crippen molar-refractivity contribution in [1.29, 1.82) is 0 Å².